The fraction of sp³-hybridized carbons (Fsp3) is 0.136. The van der Waals surface area contributed by atoms with E-state index in [4.69, 9.17) is 27.9 Å². The summed E-state index contributed by atoms with van der Waals surface area (Å²) in [7, 11) is -1.71. The molecule has 0 radical (unpaired) electrons. The Labute approximate surface area is 188 Å². The van der Waals surface area contributed by atoms with E-state index in [-0.39, 0.29) is 21.2 Å². The molecule has 0 aliphatic heterocycles. The van der Waals surface area contributed by atoms with Gasteiger partial charge in [0.15, 0.2) is 9.84 Å². The van der Waals surface area contributed by atoms with Gasteiger partial charge < -0.3 is 14.3 Å². The molecule has 0 saturated carbocycles. The summed E-state index contributed by atoms with van der Waals surface area (Å²) in [5, 5.41) is 1.25. The summed E-state index contributed by atoms with van der Waals surface area (Å²) in [6.45, 7) is 1.59. The van der Waals surface area contributed by atoms with Crippen molar-refractivity contribution in [1.29, 1.82) is 0 Å². The molecule has 6 nitrogen and oxygen atoms in total. The Morgan fingerprint density at radius 2 is 1.84 bits per heavy atom. The normalized spacial score (nSPS) is 11.7. The Hall–Kier alpha value is -2.74. The first-order chi connectivity index (χ1) is 14.7. The van der Waals surface area contributed by atoms with E-state index in [2.05, 4.69) is 4.98 Å². The Bertz CT molecular complexity index is 1470. The maximum Gasteiger partial charge on any atom is 0.272 e. The summed E-state index contributed by atoms with van der Waals surface area (Å²) in [6, 6.07) is 11.4. The van der Waals surface area contributed by atoms with Gasteiger partial charge in [0.2, 0.25) is 0 Å². The Balaban J connectivity index is 1.99. The molecule has 0 amide bonds. The van der Waals surface area contributed by atoms with Gasteiger partial charge in [0, 0.05) is 36.0 Å². The molecule has 0 fully saturated rings. The van der Waals surface area contributed by atoms with Gasteiger partial charge in [0.05, 0.1) is 15.7 Å². The highest BCUT2D eigenvalue weighted by Gasteiger charge is 2.20. The highest BCUT2D eigenvalue weighted by molar-refractivity contribution is 7.91. The van der Waals surface area contributed by atoms with Gasteiger partial charge in [-0.05, 0) is 36.4 Å². The summed E-state index contributed by atoms with van der Waals surface area (Å²) in [5.41, 5.74) is 1.39. The van der Waals surface area contributed by atoms with Crippen molar-refractivity contribution in [3.8, 4) is 22.6 Å². The SMILES string of the molecule is CCS(=O)(=O)c1ccc(Oc2cccc(Cl)c2Cl)c(-c2cn(C)c3c(=O)[nH]ccc23)c1. The van der Waals surface area contributed by atoms with Crippen molar-refractivity contribution in [3.05, 3.63) is 75.3 Å². The van der Waals surface area contributed by atoms with E-state index >= 15 is 0 Å². The van der Waals surface area contributed by atoms with Gasteiger partial charge in [0.25, 0.3) is 5.56 Å². The molecule has 0 bridgehead atoms. The summed E-state index contributed by atoms with van der Waals surface area (Å²) >= 11 is 12.4. The fourth-order valence-corrected chi connectivity index (χ4v) is 4.67. The smallest absolute Gasteiger partial charge is 0.272 e. The summed E-state index contributed by atoms with van der Waals surface area (Å²) < 4.78 is 32.8. The molecule has 9 heteroatoms. The first-order valence-electron chi connectivity index (χ1n) is 9.38. The third kappa shape index (κ3) is 3.84. The molecule has 160 valence electrons. The number of nitrogens with zero attached hydrogens (tertiary/aromatic N) is 1. The fourth-order valence-electron chi connectivity index (χ4n) is 3.43. The monoisotopic (exact) mass is 476 g/mol. The number of nitrogens with one attached hydrogen (secondary N) is 1. The number of hydrogen-bond donors (Lipinski definition) is 1. The maximum atomic E-state index is 12.5. The van der Waals surface area contributed by atoms with Gasteiger partial charge in [-0.15, -0.1) is 0 Å². The van der Waals surface area contributed by atoms with Crippen LogP contribution in [-0.4, -0.2) is 23.7 Å². The standard InChI is InChI=1S/C22H18Cl2N2O4S/c1-3-31(28,29)13-7-8-18(30-19-6-4-5-17(23)20(19)24)15(11-13)16-12-26(2)21-14(16)9-10-25-22(21)27/h4-12H,3H2,1-2H3,(H,25,27). The zero-order valence-electron chi connectivity index (χ0n) is 16.6. The molecule has 0 saturated heterocycles. The number of sulfone groups is 1. The second kappa shape index (κ2) is 8.07. The number of aromatic amines is 1. The molecule has 31 heavy (non-hydrogen) atoms. The van der Waals surface area contributed by atoms with Crippen molar-refractivity contribution in [2.24, 2.45) is 7.05 Å². The Kier molecular flexibility index (Phi) is 5.60. The molecule has 0 unspecified atom stereocenters. The highest BCUT2D eigenvalue weighted by atomic mass is 35.5. The highest BCUT2D eigenvalue weighted by Crippen LogP contribution is 2.41. The average molecular weight is 477 g/mol. The molecule has 0 spiro atoms. The molecule has 2 aromatic heterocycles. The van der Waals surface area contributed by atoms with Crippen molar-refractivity contribution in [3.63, 3.8) is 0 Å². The summed E-state index contributed by atoms with van der Waals surface area (Å²) in [5.74, 6) is 0.675. The van der Waals surface area contributed by atoms with Crippen molar-refractivity contribution in [2.45, 2.75) is 11.8 Å². The number of ether oxygens (including phenoxy) is 1. The third-order valence-corrected chi connectivity index (χ3v) is 7.55. The zero-order valence-corrected chi connectivity index (χ0v) is 19.0. The van der Waals surface area contributed by atoms with Gasteiger partial charge in [-0.1, -0.05) is 36.2 Å². The molecule has 1 N–H and O–H groups in total. The number of fused-ring (bicyclic) bond motifs is 1. The van der Waals surface area contributed by atoms with Crippen molar-refractivity contribution in [2.75, 3.05) is 5.75 Å². The van der Waals surface area contributed by atoms with Crippen LogP contribution in [0.2, 0.25) is 10.0 Å². The number of rotatable bonds is 5. The minimum Gasteiger partial charge on any atom is -0.455 e. The molecule has 0 aliphatic carbocycles. The van der Waals surface area contributed by atoms with Gasteiger partial charge in [0.1, 0.15) is 22.0 Å². The number of halogens is 2. The van der Waals surface area contributed by atoms with Crippen LogP contribution in [0.3, 0.4) is 0 Å². The van der Waals surface area contributed by atoms with Gasteiger partial charge in [-0.3, -0.25) is 4.79 Å². The van der Waals surface area contributed by atoms with E-state index in [0.29, 0.717) is 38.6 Å². The summed E-state index contributed by atoms with van der Waals surface area (Å²) in [6.07, 6.45) is 3.32. The van der Waals surface area contributed by atoms with Crippen LogP contribution in [0.1, 0.15) is 6.92 Å². The van der Waals surface area contributed by atoms with Crippen LogP contribution in [0.4, 0.5) is 0 Å². The number of aromatic nitrogens is 2. The van der Waals surface area contributed by atoms with Crippen molar-refractivity contribution < 1.29 is 13.2 Å². The number of hydrogen-bond acceptors (Lipinski definition) is 4. The Morgan fingerprint density at radius 3 is 2.58 bits per heavy atom. The van der Waals surface area contributed by atoms with E-state index in [0.717, 1.165) is 0 Å². The first-order valence-corrected chi connectivity index (χ1v) is 11.8. The van der Waals surface area contributed by atoms with Crippen LogP contribution in [0.5, 0.6) is 11.5 Å². The van der Waals surface area contributed by atoms with Crippen LogP contribution in [-0.2, 0) is 16.9 Å². The molecule has 2 aromatic carbocycles. The molecule has 2 heterocycles. The molecular formula is C22H18Cl2N2O4S. The second-order valence-electron chi connectivity index (χ2n) is 6.94. The van der Waals surface area contributed by atoms with E-state index in [1.807, 2.05) is 0 Å². The van der Waals surface area contributed by atoms with Crippen molar-refractivity contribution >= 4 is 43.9 Å². The van der Waals surface area contributed by atoms with E-state index < -0.39 is 9.84 Å². The largest absolute Gasteiger partial charge is 0.455 e. The van der Waals surface area contributed by atoms with Gasteiger partial charge in [-0.25, -0.2) is 8.42 Å². The third-order valence-electron chi connectivity index (χ3n) is 5.02. The first kappa shape index (κ1) is 21.5. The Morgan fingerprint density at radius 1 is 1.06 bits per heavy atom. The predicted octanol–water partition coefficient (Wildman–Crippen LogP) is 5.43. The number of benzene rings is 2. The van der Waals surface area contributed by atoms with E-state index in [9.17, 15) is 13.2 Å². The lowest BCUT2D eigenvalue weighted by molar-refractivity contribution is 0.484. The van der Waals surface area contributed by atoms with E-state index in [1.54, 1.807) is 67.3 Å². The predicted molar refractivity (Wildman–Crippen MR) is 123 cm³/mol. The van der Waals surface area contributed by atoms with Crippen LogP contribution in [0, 0.1) is 0 Å². The number of pyridine rings is 1. The van der Waals surface area contributed by atoms with Crippen LogP contribution < -0.4 is 10.3 Å². The molecule has 4 aromatic rings. The zero-order chi connectivity index (χ0) is 22.3. The minimum absolute atomic E-state index is 0.0397. The van der Waals surface area contributed by atoms with Gasteiger partial charge >= 0.3 is 0 Å². The maximum absolute atomic E-state index is 12.5. The number of aryl methyl sites for hydroxylation is 1. The number of H-pyrrole nitrogens is 1. The van der Waals surface area contributed by atoms with Crippen molar-refractivity contribution in [1.82, 2.24) is 9.55 Å². The molecule has 0 aliphatic rings. The summed E-state index contributed by atoms with van der Waals surface area (Å²) in [4.78, 5) is 15.2. The topological polar surface area (TPSA) is 81.2 Å². The van der Waals surface area contributed by atoms with E-state index in [1.165, 1.54) is 6.07 Å². The lowest BCUT2D eigenvalue weighted by Gasteiger charge is -2.14. The minimum atomic E-state index is -3.47. The quantitative estimate of drug-likeness (QED) is 0.416. The second-order valence-corrected chi connectivity index (χ2v) is 10.0. The lowest BCUT2D eigenvalue weighted by Crippen LogP contribution is -2.07. The van der Waals surface area contributed by atoms with Gasteiger partial charge in [-0.2, -0.15) is 0 Å². The van der Waals surface area contributed by atoms with Crippen LogP contribution in [0.15, 0.2) is 64.5 Å². The molecule has 0 atom stereocenters. The van der Waals surface area contributed by atoms with Crippen LogP contribution >= 0.6 is 23.2 Å². The lowest BCUT2D eigenvalue weighted by atomic mass is 10.0. The molecule has 4 rings (SSSR count). The average Bonchev–Trinajstić information content (AvgIpc) is 3.09. The van der Waals surface area contributed by atoms with Crippen LogP contribution in [0.25, 0.3) is 22.0 Å². The molecular weight excluding hydrogens is 459 g/mol.